The number of thiazole rings is 1. The maximum Gasteiger partial charge on any atom is 0.277 e. The number of carbonyl (C=O) groups excluding carboxylic acids is 1. The lowest BCUT2D eigenvalue weighted by atomic mass is 10.1. The van der Waals surface area contributed by atoms with Gasteiger partial charge < -0.3 is 5.32 Å². The molecule has 0 aliphatic carbocycles. The first-order chi connectivity index (χ1) is 12.8. The summed E-state index contributed by atoms with van der Waals surface area (Å²) in [5.74, 6) is -0.693. The van der Waals surface area contributed by atoms with Crippen molar-refractivity contribution in [1.29, 1.82) is 0 Å². The molecule has 0 saturated carbocycles. The number of benzene rings is 2. The van der Waals surface area contributed by atoms with Crippen LogP contribution in [0.25, 0.3) is 11.3 Å². The summed E-state index contributed by atoms with van der Waals surface area (Å²) in [4.78, 5) is 37.4. The number of nitrogens with one attached hydrogen (secondary N) is 1. The zero-order valence-electron chi connectivity index (χ0n) is 13.9. The monoisotopic (exact) mass is 384 g/mol. The van der Waals surface area contributed by atoms with Crippen LogP contribution in [0.4, 0.5) is 17.1 Å². The van der Waals surface area contributed by atoms with E-state index in [0.717, 1.165) is 23.2 Å². The number of aromatic nitrogens is 1. The van der Waals surface area contributed by atoms with Gasteiger partial charge in [0.05, 0.1) is 37.9 Å². The van der Waals surface area contributed by atoms with E-state index in [2.05, 4.69) is 10.3 Å². The number of hydrogen-bond acceptors (Lipinski definition) is 7. The number of amides is 1. The van der Waals surface area contributed by atoms with Gasteiger partial charge in [-0.1, -0.05) is 18.2 Å². The Balaban J connectivity index is 1.97. The molecule has 0 fully saturated rings. The smallest absolute Gasteiger partial charge is 0.277 e. The molecule has 0 saturated heterocycles. The molecule has 0 unspecified atom stereocenters. The molecule has 0 spiro atoms. The van der Waals surface area contributed by atoms with Crippen molar-refractivity contribution in [2.45, 2.75) is 6.92 Å². The van der Waals surface area contributed by atoms with Gasteiger partial charge in [0, 0.05) is 23.1 Å². The molecule has 136 valence electrons. The number of non-ortho nitro benzene ring substituents is 2. The fourth-order valence-electron chi connectivity index (χ4n) is 2.43. The second-order valence-corrected chi connectivity index (χ2v) is 6.57. The topological polar surface area (TPSA) is 128 Å². The zero-order chi connectivity index (χ0) is 19.6. The molecular weight excluding hydrogens is 372 g/mol. The van der Waals surface area contributed by atoms with Crippen molar-refractivity contribution in [3.8, 4) is 11.3 Å². The van der Waals surface area contributed by atoms with Crippen molar-refractivity contribution in [3.05, 3.63) is 78.6 Å². The van der Waals surface area contributed by atoms with Crippen LogP contribution in [0.3, 0.4) is 0 Å². The Bertz CT molecular complexity index is 1030. The maximum atomic E-state index is 12.6. The normalized spacial score (nSPS) is 10.4. The third kappa shape index (κ3) is 3.96. The second kappa shape index (κ2) is 7.30. The van der Waals surface area contributed by atoms with Gasteiger partial charge in [0.25, 0.3) is 17.3 Å². The molecule has 0 bridgehead atoms. The molecule has 27 heavy (non-hydrogen) atoms. The van der Waals surface area contributed by atoms with E-state index in [1.807, 2.05) is 12.3 Å². The standard InChI is InChI=1S/C17H12N4O5S/c1-10-18-16(9-27-10)14-4-2-3-5-15(14)19-17(22)11-6-12(20(23)24)8-13(7-11)21(25)26/h2-9H,1H3,(H,19,22). The lowest BCUT2D eigenvalue weighted by Crippen LogP contribution is -2.13. The van der Waals surface area contributed by atoms with Gasteiger partial charge in [0.2, 0.25) is 0 Å². The van der Waals surface area contributed by atoms with Crippen molar-refractivity contribution in [2.75, 3.05) is 5.32 Å². The van der Waals surface area contributed by atoms with Crippen LogP contribution in [0, 0.1) is 27.2 Å². The third-order valence-corrected chi connectivity index (χ3v) is 4.43. The van der Waals surface area contributed by atoms with Crippen LogP contribution in [0.5, 0.6) is 0 Å². The van der Waals surface area contributed by atoms with Gasteiger partial charge in [-0.25, -0.2) is 4.98 Å². The fraction of sp³-hybridized carbons (Fsp3) is 0.0588. The van der Waals surface area contributed by atoms with Crippen LogP contribution < -0.4 is 5.32 Å². The quantitative estimate of drug-likeness (QED) is 0.519. The number of aryl methyl sites for hydroxylation is 1. The van der Waals surface area contributed by atoms with E-state index in [0.29, 0.717) is 16.9 Å². The Morgan fingerprint density at radius 1 is 1.07 bits per heavy atom. The van der Waals surface area contributed by atoms with Gasteiger partial charge >= 0.3 is 0 Å². The first-order valence-electron chi connectivity index (χ1n) is 7.62. The highest BCUT2D eigenvalue weighted by Gasteiger charge is 2.20. The van der Waals surface area contributed by atoms with Crippen molar-refractivity contribution in [2.24, 2.45) is 0 Å². The average Bonchev–Trinajstić information content (AvgIpc) is 3.07. The van der Waals surface area contributed by atoms with Crippen LogP contribution in [-0.4, -0.2) is 20.7 Å². The Labute approximate surface area is 156 Å². The Hall–Kier alpha value is -3.66. The average molecular weight is 384 g/mol. The Morgan fingerprint density at radius 3 is 2.26 bits per heavy atom. The first kappa shape index (κ1) is 18.1. The highest BCUT2D eigenvalue weighted by molar-refractivity contribution is 7.09. The minimum absolute atomic E-state index is 0.180. The second-order valence-electron chi connectivity index (χ2n) is 5.50. The molecule has 2 aromatic carbocycles. The largest absolute Gasteiger partial charge is 0.321 e. The molecule has 1 heterocycles. The van der Waals surface area contributed by atoms with Crippen molar-refractivity contribution in [3.63, 3.8) is 0 Å². The summed E-state index contributed by atoms with van der Waals surface area (Å²) in [5.41, 5.74) is 0.561. The minimum atomic E-state index is -0.782. The summed E-state index contributed by atoms with van der Waals surface area (Å²) >= 11 is 1.46. The summed E-state index contributed by atoms with van der Waals surface area (Å²) < 4.78 is 0. The molecule has 0 atom stereocenters. The molecule has 3 aromatic rings. The van der Waals surface area contributed by atoms with E-state index in [1.165, 1.54) is 11.3 Å². The molecule has 3 rings (SSSR count). The number of hydrogen-bond donors (Lipinski definition) is 1. The van der Waals surface area contributed by atoms with E-state index in [9.17, 15) is 25.0 Å². The van der Waals surface area contributed by atoms with Gasteiger partial charge in [-0.2, -0.15) is 0 Å². The summed E-state index contributed by atoms with van der Waals surface area (Å²) in [6.07, 6.45) is 0. The summed E-state index contributed by atoms with van der Waals surface area (Å²) in [6, 6.07) is 9.75. The number of para-hydroxylation sites is 1. The van der Waals surface area contributed by atoms with Gasteiger partial charge in [0.15, 0.2) is 0 Å². The van der Waals surface area contributed by atoms with Gasteiger partial charge in [-0.15, -0.1) is 11.3 Å². The Morgan fingerprint density at radius 2 is 1.70 bits per heavy atom. The Kier molecular flexibility index (Phi) is 4.90. The van der Waals surface area contributed by atoms with E-state index in [-0.39, 0.29) is 5.56 Å². The van der Waals surface area contributed by atoms with E-state index in [4.69, 9.17) is 0 Å². The lowest BCUT2D eigenvalue weighted by molar-refractivity contribution is -0.394. The molecule has 0 aliphatic rings. The SMILES string of the molecule is Cc1nc(-c2ccccc2NC(=O)c2cc([N+](=O)[O-])cc([N+](=O)[O-])c2)cs1. The molecule has 9 nitrogen and oxygen atoms in total. The van der Waals surface area contributed by atoms with Crippen LogP contribution in [0.2, 0.25) is 0 Å². The van der Waals surface area contributed by atoms with Crippen LogP contribution in [0.15, 0.2) is 47.8 Å². The summed E-state index contributed by atoms with van der Waals surface area (Å²) in [5, 5.41) is 27.3. The maximum absolute atomic E-state index is 12.6. The fourth-order valence-corrected chi connectivity index (χ4v) is 3.05. The van der Waals surface area contributed by atoms with E-state index < -0.39 is 27.1 Å². The van der Waals surface area contributed by atoms with Crippen molar-refractivity contribution >= 4 is 34.3 Å². The molecular formula is C17H12N4O5S. The molecule has 1 amide bonds. The zero-order valence-corrected chi connectivity index (χ0v) is 14.7. The molecule has 1 aromatic heterocycles. The molecule has 0 radical (unpaired) electrons. The van der Waals surface area contributed by atoms with E-state index in [1.54, 1.807) is 24.3 Å². The van der Waals surface area contributed by atoms with Gasteiger partial charge in [0.1, 0.15) is 0 Å². The number of nitro groups is 2. The number of carbonyl (C=O) groups is 1. The van der Waals surface area contributed by atoms with E-state index >= 15 is 0 Å². The van der Waals surface area contributed by atoms with Crippen LogP contribution in [-0.2, 0) is 0 Å². The first-order valence-corrected chi connectivity index (χ1v) is 8.50. The number of anilines is 1. The van der Waals surface area contributed by atoms with Crippen molar-refractivity contribution < 1.29 is 14.6 Å². The minimum Gasteiger partial charge on any atom is -0.321 e. The number of nitro benzene ring substituents is 2. The highest BCUT2D eigenvalue weighted by atomic mass is 32.1. The van der Waals surface area contributed by atoms with Crippen LogP contribution in [0.1, 0.15) is 15.4 Å². The van der Waals surface area contributed by atoms with Gasteiger partial charge in [-0.3, -0.25) is 25.0 Å². The molecule has 0 aliphatic heterocycles. The summed E-state index contributed by atoms with van der Waals surface area (Å²) in [6.45, 7) is 1.86. The van der Waals surface area contributed by atoms with Crippen LogP contribution >= 0.6 is 11.3 Å². The predicted molar refractivity (Wildman–Crippen MR) is 100.0 cm³/mol. The highest BCUT2D eigenvalue weighted by Crippen LogP contribution is 2.30. The third-order valence-electron chi connectivity index (χ3n) is 3.66. The summed E-state index contributed by atoms with van der Waals surface area (Å²) in [7, 11) is 0. The van der Waals surface area contributed by atoms with Gasteiger partial charge in [-0.05, 0) is 13.0 Å². The lowest BCUT2D eigenvalue weighted by Gasteiger charge is -2.09. The molecule has 1 N–H and O–H groups in total. The number of rotatable bonds is 5. The van der Waals surface area contributed by atoms with Crippen molar-refractivity contribution in [1.82, 2.24) is 4.98 Å². The number of nitrogens with zero attached hydrogens (tertiary/aromatic N) is 3. The predicted octanol–water partition coefficient (Wildman–Crippen LogP) is 4.19. The molecule has 10 heteroatoms.